The van der Waals surface area contributed by atoms with Crippen LogP contribution in [0.3, 0.4) is 0 Å². The summed E-state index contributed by atoms with van der Waals surface area (Å²) in [6.07, 6.45) is 1.23. The summed E-state index contributed by atoms with van der Waals surface area (Å²) in [4.78, 5) is 4.02. The Bertz CT molecular complexity index is 351. The normalized spacial score (nSPS) is 26.8. The minimum absolute atomic E-state index is 0.513. The van der Waals surface area contributed by atoms with Crippen LogP contribution >= 0.6 is 27.3 Å². The lowest BCUT2D eigenvalue weighted by molar-refractivity contribution is 0.187. The summed E-state index contributed by atoms with van der Waals surface area (Å²) in [5.41, 5.74) is 5.91. The van der Waals surface area contributed by atoms with E-state index in [1.165, 1.54) is 22.3 Å². The fraction of sp³-hybridized carbons (Fsp3) is 0.667. The average molecular weight is 303 g/mol. The summed E-state index contributed by atoms with van der Waals surface area (Å²) >= 11 is 5.50. The Morgan fingerprint density at radius 3 is 2.88 bits per heavy atom. The first-order chi connectivity index (χ1) is 7.65. The molecule has 4 heteroatoms. The number of nitrogens with zero attached hydrogens (tertiary/aromatic N) is 1. The first kappa shape index (κ1) is 12.6. The molecule has 90 valence electrons. The van der Waals surface area contributed by atoms with Gasteiger partial charge in [0.15, 0.2) is 0 Å². The lowest BCUT2D eigenvalue weighted by Gasteiger charge is -2.30. The second kappa shape index (κ2) is 5.17. The molecule has 1 aromatic heterocycles. The standard InChI is InChI=1S/C12H19BrN2S/c1-8(2)15-5-3-9(7-14)11(15)12-10(13)4-6-16-12/h4,6,8-9,11H,3,5,7,14H2,1-2H3. The summed E-state index contributed by atoms with van der Waals surface area (Å²) in [6, 6.07) is 3.25. The highest BCUT2D eigenvalue weighted by Crippen LogP contribution is 2.43. The Morgan fingerprint density at radius 1 is 1.62 bits per heavy atom. The molecule has 2 rings (SSSR count). The van der Waals surface area contributed by atoms with Crippen LogP contribution in [0.2, 0.25) is 0 Å². The van der Waals surface area contributed by atoms with Gasteiger partial charge in [0.25, 0.3) is 0 Å². The zero-order valence-electron chi connectivity index (χ0n) is 9.82. The molecule has 2 nitrogen and oxygen atoms in total. The Kier molecular flexibility index (Phi) is 4.06. The van der Waals surface area contributed by atoms with Crippen molar-refractivity contribution in [3.63, 3.8) is 0 Å². The highest BCUT2D eigenvalue weighted by atomic mass is 79.9. The number of thiophene rings is 1. The van der Waals surface area contributed by atoms with E-state index < -0.39 is 0 Å². The molecule has 2 unspecified atom stereocenters. The molecular weight excluding hydrogens is 284 g/mol. The van der Waals surface area contributed by atoms with Crippen LogP contribution in [0.1, 0.15) is 31.2 Å². The molecule has 1 aliphatic rings. The molecule has 0 aliphatic carbocycles. The summed E-state index contributed by atoms with van der Waals surface area (Å²) in [6.45, 7) is 6.51. The summed E-state index contributed by atoms with van der Waals surface area (Å²) in [5, 5.41) is 2.16. The average Bonchev–Trinajstić information content (AvgIpc) is 2.82. The molecule has 0 aromatic carbocycles. The van der Waals surface area contributed by atoms with Crippen LogP contribution in [0.25, 0.3) is 0 Å². The maximum Gasteiger partial charge on any atom is 0.0496 e. The molecule has 0 radical (unpaired) electrons. The molecule has 1 aliphatic heterocycles. The summed E-state index contributed by atoms with van der Waals surface area (Å²) in [5.74, 6) is 0.609. The molecule has 1 saturated heterocycles. The second-order valence-corrected chi connectivity index (χ2v) is 6.50. The Morgan fingerprint density at radius 2 is 2.38 bits per heavy atom. The van der Waals surface area contributed by atoms with E-state index in [1.54, 1.807) is 0 Å². The van der Waals surface area contributed by atoms with Crippen molar-refractivity contribution in [2.45, 2.75) is 32.4 Å². The van der Waals surface area contributed by atoms with E-state index in [2.05, 4.69) is 46.1 Å². The van der Waals surface area contributed by atoms with E-state index in [-0.39, 0.29) is 0 Å². The van der Waals surface area contributed by atoms with Crippen LogP contribution in [0, 0.1) is 5.92 Å². The fourth-order valence-corrected chi connectivity index (χ4v) is 4.41. The van der Waals surface area contributed by atoms with Crippen molar-refractivity contribution in [2.75, 3.05) is 13.1 Å². The van der Waals surface area contributed by atoms with Gasteiger partial charge in [-0.25, -0.2) is 0 Å². The van der Waals surface area contributed by atoms with Crippen molar-refractivity contribution in [2.24, 2.45) is 11.7 Å². The predicted molar refractivity (Wildman–Crippen MR) is 73.8 cm³/mol. The predicted octanol–water partition coefficient (Wildman–Crippen LogP) is 3.24. The van der Waals surface area contributed by atoms with Crippen molar-refractivity contribution in [3.05, 3.63) is 20.8 Å². The van der Waals surface area contributed by atoms with Gasteiger partial charge in [-0.3, -0.25) is 4.90 Å². The van der Waals surface area contributed by atoms with Crippen LogP contribution < -0.4 is 5.73 Å². The van der Waals surface area contributed by atoms with E-state index >= 15 is 0 Å². The maximum absolute atomic E-state index is 5.91. The molecule has 1 aromatic rings. The highest BCUT2D eigenvalue weighted by molar-refractivity contribution is 9.10. The lowest BCUT2D eigenvalue weighted by Crippen LogP contribution is -2.33. The molecule has 2 heterocycles. The number of likely N-dealkylation sites (tertiary alicyclic amines) is 1. The van der Waals surface area contributed by atoms with Gasteiger partial charge in [0.05, 0.1) is 0 Å². The smallest absolute Gasteiger partial charge is 0.0496 e. The first-order valence-corrected chi connectivity index (χ1v) is 7.51. The molecule has 1 fully saturated rings. The number of nitrogens with two attached hydrogens (primary N) is 1. The number of halogens is 1. The molecule has 2 N–H and O–H groups in total. The van der Waals surface area contributed by atoms with Gasteiger partial charge in [-0.1, -0.05) is 0 Å². The molecule has 0 spiro atoms. The largest absolute Gasteiger partial charge is 0.330 e. The number of hydrogen-bond donors (Lipinski definition) is 1. The molecule has 0 amide bonds. The molecule has 16 heavy (non-hydrogen) atoms. The van der Waals surface area contributed by atoms with Crippen molar-refractivity contribution in [3.8, 4) is 0 Å². The van der Waals surface area contributed by atoms with Crippen LogP contribution in [-0.2, 0) is 0 Å². The zero-order chi connectivity index (χ0) is 11.7. The van der Waals surface area contributed by atoms with Crippen LogP contribution in [0.5, 0.6) is 0 Å². The van der Waals surface area contributed by atoms with Gasteiger partial charge in [0, 0.05) is 21.4 Å². The van der Waals surface area contributed by atoms with Gasteiger partial charge in [-0.2, -0.15) is 0 Å². The number of rotatable bonds is 3. The summed E-state index contributed by atoms with van der Waals surface area (Å²) in [7, 11) is 0. The highest BCUT2D eigenvalue weighted by Gasteiger charge is 2.37. The van der Waals surface area contributed by atoms with Gasteiger partial charge in [-0.05, 0) is 66.7 Å². The Labute approximate surface area is 110 Å². The number of hydrogen-bond acceptors (Lipinski definition) is 3. The third-order valence-electron chi connectivity index (χ3n) is 3.44. The van der Waals surface area contributed by atoms with Gasteiger partial charge >= 0.3 is 0 Å². The Hall–Kier alpha value is 0.100. The Balaban J connectivity index is 2.30. The fourth-order valence-electron chi connectivity index (χ4n) is 2.59. The lowest BCUT2D eigenvalue weighted by atomic mass is 9.99. The third-order valence-corrected chi connectivity index (χ3v) is 5.38. The SMILES string of the molecule is CC(C)N1CCC(CN)C1c1sccc1Br. The minimum atomic E-state index is 0.513. The second-order valence-electron chi connectivity index (χ2n) is 4.69. The molecule has 0 bridgehead atoms. The maximum atomic E-state index is 5.91. The molecule has 2 atom stereocenters. The van der Waals surface area contributed by atoms with E-state index in [4.69, 9.17) is 5.73 Å². The van der Waals surface area contributed by atoms with Gasteiger partial charge in [0.1, 0.15) is 0 Å². The van der Waals surface area contributed by atoms with E-state index in [0.29, 0.717) is 18.0 Å². The molecular formula is C12H19BrN2S. The van der Waals surface area contributed by atoms with Crippen molar-refractivity contribution < 1.29 is 0 Å². The quantitative estimate of drug-likeness (QED) is 0.929. The van der Waals surface area contributed by atoms with Crippen molar-refractivity contribution in [1.82, 2.24) is 4.90 Å². The van der Waals surface area contributed by atoms with Crippen molar-refractivity contribution in [1.29, 1.82) is 0 Å². The first-order valence-electron chi connectivity index (χ1n) is 5.83. The third kappa shape index (κ3) is 2.21. The van der Waals surface area contributed by atoms with Gasteiger partial charge in [-0.15, -0.1) is 11.3 Å². The van der Waals surface area contributed by atoms with E-state index in [9.17, 15) is 0 Å². The van der Waals surface area contributed by atoms with E-state index in [1.807, 2.05) is 11.3 Å². The van der Waals surface area contributed by atoms with E-state index in [0.717, 1.165) is 6.54 Å². The van der Waals surface area contributed by atoms with Gasteiger partial charge in [0.2, 0.25) is 0 Å². The minimum Gasteiger partial charge on any atom is -0.330 e. The van der Waals surface area contributed by atoms with Crippen molar-refractivity contribution >= 4 is 27.3 Å². The van der Waals surface area contributed by atoms with Gasteiger partial charge < -0.3 is 5.73 Å². The van der Waals surface area contributed by atoms with Crippen LogP contribution in [-0.4, -0.2) is 24.0 Å². The summed E-state index contributed by atoms with van der Waals surface area (Å²) < 4.78 is 1.24. The monoisotopic (exact) mass is 302 g/mol. The zero-order valence-corrected chi connectivity index (χ0v) is 12.2. The molecule has 0 saturated carbocycles. The van der Waals surface area contributed by atoms with Crippen LogP contribution in [0.15, 0.2) is 15.9 Å². The topological polar surface area (TPSA) is 29.3 Å². The van der Waals surface area contributed by atoms with Crippen LogP contribution in [0.4, 0.5) is 0 Å².